The van der Waals surface area contributed by atoms with E-state index in [1.54, 1.807) is 0 Å². The molecule has 1 atom stereocenters. The van der Waals surface area contributed by atoms with E-state index in [2.05, 4.69) is 19.2 Å². The van der Waals surface area contributed by atoms with Crippen LogP contribution in [-0.4, -0.2) is 19.6 Å². The summed E-state index contributed by atoms with van der Waals surface area (Å²) in [5, 5.41) is 3.73. The van der Waals surface area contributed by atoms with Crippen molar-refractivity contribution in [3.8, 4) is 0 Å². The lowest BCUT2D eigenvalue weighted by molar-refractivity contribution is 0.324. The van der Waals surface area contributed by atoms with Crippen LogP contribution in [0.2, 0.25) is 0 Å². The van der Waals surface area contributed by atoms with Crippen LogP contribution in [0.4, 0.5) is 0 Å². The third kappa shape index (κ3) is 5.43. The molecular formula is C17H34N2. The minimum absolute atomic E-state index is 0.786. The van der Waals surface area contributed by atoms with Crippen molar-refractivity contribution >= 4 is 0 Å². The number of hydrogen-bond acceptors (Lipinski definition) is 2. The zero-order valence-corrected chi connectivity index (χ0v) is 13.0. The molecule has 1 unspecified atom stereocenters. The molecule has 19 heavy (non-hydrogen) atoms. The fourth-order valence-electron chi connectivity index (χ4n) is 3.55. The van der Waals surface area contributed by atoms with Crippen molar-refractivity contribution in [3.05, 3.63) is 0 Å². The molecule has 0 aliphatic heterocycles. The van der Waals surface area contributed by atoms with Gasteiger partial charge in [0.2, 0.25) is 0 Å². The molecule has 2 rings (SSSR count). The molecule has 0 heterocycles. The zero-order valence-electron chi connectivity index (χ0n) is 13.0. The third-order valence-corrected chi connectivity index (χ3v) is 5.24. The Hall–Kier alpha value is -0.0800. The van der Waals surface area contributed by atoms with Gasteiger partial charge < -0.3 is 11.1 Å². The average molecular weight is 266 g/mol. The van der Waals surface area contributed by atoms with Crippen LogP contribution >= 0.6 is 0 Å². The highest BCUT2D eigenvalue weighted by atomic mass is 14.9. The standard InChI is InChI=1S/C17H34N2/c1-13(2)14(9-10-18)4-3-11-19-12-17(15-5-6-15)16-7-8-16/h13-17,19H,3-12,18H2,1-2H3. The summed E-state index contributed by atoms with van der Waals surface area (Å²) in [6.07, 6.45) is 9.90. The van der Waals surface area contributed by atoms with Crippen LogP contribution in [0.5, 0.6) is 0 Å². The number of nitrogens with two attached hydrogens (primary N) is 1. The molecule has 0 radical (unpaired) electrons. The lowest BCUT2D eigenvalue weighted by Gasteiger charge is -2.21. The summed E-state index contributed by atoms with van der Waals surface area (Å²) in [4.78, 5) is 0. The molecule has 0 saturated heterocycles. The summed E-state index contributed by atoms with van der Waals surface area (Å²) in [6, 6.07) is 0. The summed E-state index contributed by atoms with van der Waals surface area (Å²) < 4.78 is 0. The second kappa shape index (κ2) is 7.64. The highest BCUT2D eigenvalue weighted by molar-refractivity contribution is 4.92. The van der Waals surface area contributed by atoms with Gasteiger partial charge in [-0.25, -0.2) is 0 Å². The first kappa shape index (κ1) is 15.3. The topological polar surface area (TPSA) is 38.0 Å². The third-order valence-electron chi connectivity index (χ3n) is 5.24. The van der Waals surface area contributed by atoms with Gasteiger partial charge in [-0.05, 0) is 94.2 Å². The van der Waals surface area contributed by atoms with Crippen LogP contribution in [-0.2, 0) is 0 Å². The number of hydrogen-bond donors (Lipinski definition) is 2. The molecule has 0 aromatic rings. The minimum atomic E-state index is 0.786. The molecule has 2 saturated carbocycles. The maximum absolute atomic E-state index is 5.70. The monoisotopic (exact) mass is 266 g/mol. The van der Waals surface area contributed by atoms with Gasteiger partial charge in [-0.3, -0.25) is 0 Å². The highest BCUT2D eigenvalue weighted by Gasteiger charge is 2.40. The van der Waals surface area contributed by atoms with Crippen molar-refractivity contribution in [2.75, 3.05) is 19.6 Å². The number of nitrogens with one attached hydrogen (secondary N) is 1. The molecule has 0 aromatic heterocycles. The Morgan fingerprint density at radius 2 is 1.68 bits per heavy atom. The van der Waals surface area contributed by atoms with E-state index in [9.17, 15) is 0 Å². The maximum Gasteiger partial charge on any atom is -0.00152 e. The van der Waals surface area contributed by atoms with Gasteiger partial charge >= 0.3 is 0 Å². The second-order valence-electron chi connectivity index (χ2n) is 7.27. The molecule has 0 amide bonds. The SMILES string of the molecule is CC(C)C(CCN)CCCNCC(C1CC1)C1CC1. The second-order valence-corrected chi connectivity index (χ2v) is 7.27. The van der Waals surface area contributed by atoms with E-state index in [0.717, 1.165) is 36.1 Å². The van der Waals surface area contributed by atoms with Crippen LogP contribution < -0.4 is 11.1 Å². The molecule has 0 spiro atoms. The predicted molar refractivity (Wildman–Crippen MR) is 83.0 cm³/mol. The smallest absolute Gasteiger partial charge is 0.00152 e. The van der Waals surface area contributed by atoms with E-state index >= 15 is 0 Å². The van der Waals surface area contributed by atoms with Crippen molar-refractivity contribution in [1.29, 1.82) is 0 Å². The highest BCUT2D eigenvalue weighted by Crippen LogP contribution is 2.48. The molecule has 0 aromatic carbocycles. The van der Waals surface area contributed by atoms with E-state index in [0.29, 0.717) is 0 Å². The predicted octanol–water partition coefficient (Wildman–Crippen LogP) is 3.41. The van der Waals surface area contributed by atoms with Gasteiger partial charge in [-0.1, -0.05) is 13.8 Å². The molecule has 112 valence electrons. The Kier molecular flexibility index (Phi) is 6.15. The number of rotatable bonds is 11. The van der Waals surface area contributed by atoms with Crippen molar-refractivity contribution < 1.29 is 0 Å². The van der Waals surface area contributed by atoms with Gasteiger partial charge in [0.25, 0.3) is 0 Å². The van der Waals surface area contributed by atoms with Crippen molar-refractivity contribution in [2.45, 2.75) is 58.8 Å². The minimum Gasteiger partial charge on any atom is -0.330 e. The molecular weight excluding hydrogens is 232 g/mol. The lowest BCUT2D eigenvalue weighted by atomic mass is 9.88. The summed E-state index contributed by atoms with van der Waals surface area (Å²) in [7, 11) is 0. The van der Waals surface area contributed by atoms with E-state index in [4.69, 9.17) is 5.73 Å². The van der Waals surface area contributed by atoms with E-state index < -0.39 is 0 Å². The van der Waals surface area contributed by atoms with Gasteiger partial charge in [-0.2, -0.15) is 0 Å². The van der Waals surface area contributed by atoms with Crippen molar-refractivity contribution in [2.24, 2.45) is 35.3 Å². The Balaban J connectivity index is 1.53. The van der Waals surface area contributed by atoms with Gasteiger partial charge in [0, 0.05) is 0 Å². The van der Waals surface area contributed by atoms with E-state index in [-0.39, 0.29) is 0 Å². The Labute approximate surface area is 119 Å². The van der Waals surface area contributed by atoms with Crippen LogP contribution in [0.25, 0.3) is 0 Å². The van der Waals surface area contributed by atoms with Crippen LogP contribution in [0.15, 0.2) is 0 Å². The molecule has 2 aliphatic carbocycles. The van der Waals surface area contributed by atoms with Gasteiger partial charge in [0.05, 0.1) is 0 Å². The average Bonchev–Trinajstić information content (AvgIpc) is 3.25. The van der Waals surface area contributed by atoms with Gasteiger partial charge in [-0.15, -0.1) is 0 Å². The van der Waals surface area contributed by atoms with E-state index in [1.807, 2.05) is 0 Å². The summed E-state index contributed by atoms with van der Waals surface area (Å²) in [5.74, 6) is 4.80. The molecule has 3 N–H and O–H groups in total. The molecule has 2 nitrogen and oxygen atoms in total. The van der Waals surface area contributed by atoms with Crippen molar-refractivity contribution in [3.63, 3.8) is 0 Å². The maximum atomic E-state index is 5.70. The largest absolute Gasteiger partial charge is 0.330 e. The fraction of sp³-hybridized carbons (Fsp3) is 1.00. The van der Waals surface area contributed by atoms with E-state index in [1.165, 1.54) is 58.0 Å². The lowest BCUT2D eigenvalue weighted by Crippen LogP contribution is -2.27. The summed E-state index contributed by atoms with van der Waals surface area (Å²) in [6.45, 7) is 8.03. The molecule has 2 heteroatoms. The van der Waals surface area contributed by atoms with Crippen molar-refractivity contribution in [1.82, 2.24) is 5.32 Å². The first-order chi connectivity index (χ1) is 9.22. The Morgan fingerprint density at radius 1 is 1.05 bits per heavy atom. The normalized spacial score (nSPS) is 21.3. The quantitative estimate of drug-likeness (QED) is 0.562. The Morgan fingerprint density at radius 3 is 2.16 bits per heavy atom. The summed E-state index contributed by atoms with van der Waals surface area (Å²) >= 11 is 0. The van der Waals surface area contributed by atoms with Gasteiger partial charge in [0.1, 0.15) is 0 Å². The van der Waals surface area contributed by atoms with Gasteiger partial charge in [0.15, 0.2) is 0 Å². The molecule has 2 aliphatic rings. The van der Waals surface area contributed by atoms with Crippen LogP contribution in [0.1, 0.15) is 58.8 Å². The Bertz CT molecular complexity index is 232. The van der Waals surface area contributed by atoms with Crippen LogP contribution in [0.3, 0.4) is 0 Å². The first-order valence-corrected chi connectivity index (χ1v) is 8.63. The summed E-state index contributed by atoms with van der Waals surface area (Å²) in [5.41, 5.74) is 5.70. The molecule has 2 fully saturated rings. The molecule has 0 bridgehead atoms. The van der Waals surface area contributed by atoms with Crippen LogP contribution in [0, 0.1) is 29.6 Å². The fourth-order valence-corrected chi connectivity index (χ4v) is 3.55. The first-order valence-electron chi connectivity index (χ1n) is 8.63. The zero-order chi connectivity index (χ0) is 13.7.